The summed E-state index contributed by atoms with van der Waals surface area (Å²) in [5.41, 5.74) is 5.36. The van der Waals surface area contributed by atoms with E-state index in [0.717, 1.165) is 27.5 Å². The Morgan fingerprint density at radius 2 is 2.15 bits per heavy atom. The molecule has 6 nitrogen and oxygen atoms in total. The molecule has 26 heavy (non-hydrogen) atoms. The Hall–Kier alpha value is -2.80. The van der Waals surface area contributed by atoms with Gasteiger partial charge in [0.05, 0.1) is 29.6 Å². The summed E-state index contributed by atoms with van der Waals surface area (Å²) >= 11 is 1.38. The Labute approximate surface area is 156 Å². The molecule has 0 saturated heterocycles. The Balaban J connectivity index is 1.54. The van der Waals surface area contributed by atoms with Crippen molar-refractivity contribution < 1.29 is 9.53 Å². The number of benzene rings is 2. The van der Waals surface area contributed by atoms with E-state index in [4.69, 9.17) is 4.74 Å². The van der Waals surface area contributed by atoms with Gasteiger partial charge in [-0.3, -0.25) is 4.79 Å². The number of carbonyl (C=O) groups excluding carboxylic acids is 1. The maximum Gasteiger partial charge on any atom is 0.250 e. The molecule has 0 aliphatic rings. The van der Waals surface area contributed by atoms with Crippen molar-refractivity contribution in [1.29, 1.82) is 0 Å². The van der Waals surface area contributed by atoms with E-state index in [0.29, 0.717) is 6.61 Å². The molecule has 0 aliphatic heterocycles. The van der Waals surface area contributed by atoms with Gasteiger partial charge in [-0.15, -0.1) is 0 Å². The molecule has 134 valence electrons. The maximum absolute atomic E-state index is 12.0. The zero-order valence-electron chi connectivity index (χ0n) is 14.7. The van der Waals surface area contributed by atoms with Crippen LogP contribution in [0.1, 0.15) is 12.5 Å². The number of para-hydroxylation sites is 2. The minimum Gasteiger partial charge on any atom is -0.494 e. The quantitative estimate of drug-likeness (QED) is 0.395. The molecular weight excluding hydrogens is 348 g/mol. The number of nitrogens with zero attached hydrogens (tertiary/aromatic N) is 3. The second-order valence-electron chi connectivity index (χ2n) is 5.53. The van der Waals surface area contributed by atoms with Gasteiger partial charge < -0.3 is 9.30 Å². The molecule has 1 heterocycles. The Morgan fingerprint density at radius 3 is 2.96 bits per heavy atom. The molecule has 0 aliphatic carbocycles. The Kier molecular flexibility index (Phi) is 5.91. The zero-order valence-corrected chi connectivity index (χ0v) is 15.5. The largest absolute Gasteiger partial charge is 0.494 e. The van der Waals surface area contributed by atoms with Gasteiger partial charge in [0.2, 0.25) is 0 Å². The molecule has 1 N–H and O–H groups in total. The van der Waals surface area contributed by atoms with Gasteiger partial charge in [0.25, 0.3) is 5.91 Å². The van der Waals surface area contributed by atoms with Crippen molar-refractivity contribution in [2.75, 3.05) is 12.4 Å². The van der Waals surface area contributed by atoms with Crippen LogP contribution in [0.3, 0.4) is 0 Å². The van der Waals surface area contributed by atoms with Crippen molar-refractivity contribution in [3.05, 3.63) is 54.1 Å². The lowest BCUT2D eigenvalue weighted by atomic mass is 10.2. The number of hydrazone groups is 1. The normalized spacial score (nSPS) is 11.2. The van der Waals surface area contributed by atoms with E-state index in [1.807, 2.05) is 67.1 Å². The monoisotopic (exact) mass is 368 g/mol. The smallest absolute Gasteiger partial charge is 0.250 e. The summed E-state index contributed by atoms with van der Waals surface area (Å²) in [5.74, 6) is 0.840. The molecule has 2 aromatic carbocycles. The van der Waals surface area contributed by atoms with Crippen molar-refractivity contribution >= 4 is 34.9 Å². The first-order chi connectivity index (χ1) is 12.7. The van der Waals surface area contributed by atoms with E-state index in [9.17, 15) is 4.79 Å². The van der Waals surface area contributed by atoms with Crippen molar-refractivity contribution in [1.82, 2.24) is 15.0 Å². The van der Waals surface area contributed by atoms with E-state index in [1.54, 1.807) is 6.21 Å². The Bertz CT molecular complexity index is 936. The predicted octanol–water partition coefficient (Wildman–Crippen LogP) is 3.21. The summed E-state index contributed by atoms with van der Waals surface area (Å²) in [4.78, 5) is 16.5. The zero-order chi connectivity index (χ0) is 18.4. The van der Waals surface area contributed by atoms with Gasteiger partial charge in [-0.05, 0) is 36.8 Å². The fourth-order valence-corrected chi connectivity index (χ4v) is 3.22. The van der Waals surface area contributed by atoms with Gasteiger partial charge >= 0.3 is 0 Å². The molecule has 0 spiro atoms. The molecule has 0 bridgehead atoms. The van der Waals surface area contributed by atoms with Crippen LogP contribution in [-0.2, 0) is 11.8 Å². The molecule has 0 atom stereocenters. The molecule has 1 aromatic heterocycles. The summed E-state index contributed by atoms with van der Waals surface area (Å²) in [7, 11) is 1.94. The second kappa shape index (κ2) is 8.53. The number of amides is 1. The van der Waals surface area contributed by atoms with Gasteiger partial charge in [-0.25, -0.2) is 10.4 Å². The third kappa shape index (κ3) is 4.43. The lowest BCUT2D eigenvalue weighted by Gasteiger charge is -2.03. The van der Waals surface area contributed by atoms with Crippen LogP contribution in [0.5, 0.6) is 5.75 Å². The molecule has 1 amide bonds. The minimum atomic E-state index is -0.181. The van der Waals surface area contributed by atoms with Gasteiger partial charge in [-0.2, -0.15) is 5.10 Å². The van der Waals surface area contributed by atoms with Crippen molar-refractivity contribution in [2.45, 2.75) is 12.1 Å². The first kappa shape index (κ1) is 18.0. The number of ether oxygens (including phenoxy) is 1. The number of fused-ring (bicyclic) bond motifs is 1. The topological polar surface area (TPSA) is 68.5 Å². The maximum atomic E-state index is 12.0. The number of aromatic nitrogens is 2. The highest BCUT2D eigenvalue weighted by Gasteiger charge is 2.09. The highest BCUT2D eigenvalue weighted by Crippen LogP contribution is 2.22. The minimum absolute atomic E-state index is 0.181. The van der Waals surface area contributed by atoms with Gasteiger partial charge in [0.15, 0.2) is 5.16 Å². The lowest BCUT2D eigenvalue weighted by molar-refractivity contribution is -0.118. The van der Waals surface area contributed by atoms with Crippen LogP contribution in [0.2, 0.25) is 0 Å². The number of thioether (sulfide) groups is 1. The number of hydrogen-bond donors (Lipinski definition) is 1. The summed E-state index contributed by atoms with van der Waals surface area (Å²) in [6.07, 6.45) is 1.60. The number of imidazole rings is 1. The standard InChI is InChI=1S/C19H20N4O2S/c1-3-25-15-8-6-7-14(11-15)12-20-22-18(24)13-26-19-21-16-9-4-5-10-17(16)23(19)2/h4-12H,3,13H2,1-2H3,(H,22,24)/b20-12-. The van der Waals surface area contributed by atoms with Crippen LogP contribution in [-0.4, -0.2) is 34.0 Å². The average molecular weight is 368 g/mol. The molecule has 3 aromatic rings. The van der Waals surface area contributed by atoms with Crippen LogP contribution in [0.4, 0.5) is 0 Å². The Morgan fingerprint density at radius 1 is 1.31 bits per heavy atom. The molecule has 3 rings (SSSR count). The molecule has 0 saturated carbocycles. The molecule has 0 radical (unpaired) electrons. The van der Waals surface area contributed by atoms with E-state index in [2.05, 4.69) is 15.5 Å². The van der Waals surface area contributed by atoms with E-state index in [1.165, 1.54) is 11.8 Å². The van der Waals surface area contributed by atoms with Crippen LogP contribution < -0.4 is 10.2 Å². The van der Waals surface area contributed by atoms with Gasteiger partial charge in [-0.1, -0.05) is 36.0 Å². The van der Waals surface area contributed by atoms with Crippen LogP contribution in [0, 0.1) is 0 Å². The number of carbonyl (C=O) groups is 1. The van der Waals surface area contributed by atoms with Crippen LogP contribution >= 0.6 is 11.8 Å². The fraction of sp³-hybridized carbons (Fsp3) is 0.211. The summed E-state index contributed by atoms with van der Waals surface area (Å²) in [5, 5.41) is 4.80. The second-order valence-corrected chi connectivity index (χ2v) is 6.47. The lowest BCUT2D eigenvalue weighted by Crippen LogP contribution is -2.19. The first-order valence-corrected chi connectivity index (χ1v) is 9.25. The third-order valence-electron chi connectivity index (χ3n) is 3.65. The van der Waals surface area contributed by atoms with Gasteiger partial charge in [0.1, 0.15) is 5.75 Å². The van der Waals surface area contributed by atoms with Crippen molar-refractivity contribution in [3.63, 3.8) is 0 Å². The summed E-state index contributed by atoms with van der Waals surface area (Å²) in [6, 6.07) is 15.4. The van der Waals surface area contributed by atoms with Crippen LogP contribution in [0.25, 0.3) is 11.0 Å². The number of nitrogens with one attached hydrogen (secondary N) is 1. The fourth-order valence-electron chi connectivity index (χ4n) is 2.44. The van der Waals surface area contributed by atoms with Crippen molar-refractivity contribution in [3.8, 4) is 5.75 Å². The number of hydrogen-bond acceptors (Lipinski definition) is 5. The van der Waals surface area contributed by atoms with Crippen molar-refractivity contribution in [2.24, 2.45) is 12.1 Å². The number of aryl methyl sites for hydroxylation is 1. The van der Waals surface area contributed by atoms with E-state index < -0.39 is 0 Å². The molecule has 0 fully saturated rings. The first-order valence-electron chi connectivity index (χ1n) is 8.26. The predicted molar refractivity (Wildman–Crippen MR) is 105 cm³/mol. The van der Waals surface area contributed by atoms with E-state index >= 15 is 0 Å². The van der Waals surface area contributed by atoms with E-state index in [-0.39, 0.29) is 11.7 Å². The highest BCUT2D eigenvalue weighted by atomic mass is 32.2. The highest BCUT2D eigenvalue weighted by molar-refractivity contribution is 7.99. The SMILES string of the molecule is CCOc1cccc(/C=N\NC(=O)CSc2nc3ccccc3n2C)c1. The number of rotatable bonds is 7. The van der Waals surface area contributed by atoms with Crippen LogP contribution in [0.15, 0.2) is 58.8 Å². The average Bonchev–Trinajstić information content (AvgIpc) is 2.97. The summed E-state index contributed by atoms with van der Waals surface area (Å²) < 4.78 is 7.42. The molecule has 7 heteroatoms. The third-order valence-corrected chi connectivity index (χ3v) is 4.68. The summed E-state index contributed by atoms with van der Waals surface area (Å²) in [6.45, 7) is 2.54. The molecule has 0 unspecified atom stereocenters. The molecular formula is C19H20N4O2S. The van der Waals surface area contributed by atoms with Gasteiger partial charge in [0, 0.05) is 7.05 Å².